The Morgan fingerprint density at radius 1 is 1.29 bits per heavy atom. The topological polar surface area (TPSA) is 12.0 Å². The van der Waals surface area contributed by atoms with Gasteiger partial charge in [0, 0.05) is 11.1 Å². The molecule has 0 bridgehead atoms. The van der Waals surface area contributed by atoms with Crippen molar-refractivity contribution >= 4 is 0 Å². The van der Waals surface area contributed by atoms with Gasteiger partial charge < -0.3 is 5.32 Å². The first-order valence-corrected chi connectivity index (χ1v) is 5.83. The third-order valence-electron chi connectivity index (χ3n) is 3.37. The van der Waals surface area contributed by atoms with E-state index in [1.54, 1.807) is 0 Å². The molecule has 1 saturated heterocycles. The van der Waals surface area contributed by atoms with E-state index in [0.29, 0.717) is 5.54 Å². The molecule has 0 saturated carbocycles. The molecular weight excluding hydrogens is 170 g/mol. The predicted molar refractivity (Wildman–Crippen MR) is 63.4 cm³/mol. The zero-order chi connectivity index (χ0) is 10.8. The van der Waals surface area contributed by atoms with Gasteiger partial charge in [-0.1, -0.05) is 19.1 Å². The monoisotopic (exact) mass is 195 g/mol. The molecule has 1 nitrogen and oxygen atoms in total. The average molecular weight is 195 g/mol. The molecule has 0 aliphatic carbocycles. The predicted octanol–water partition coefficient (Wildman–Crippen LogP) is 3.51. The van der Waals surface area contributed by atoms with Crippen LogP contribution in [0.4, 0.5) is 0 Å². The van der Waals surface area contributed by atoms with E-state index in [2.05, 4.69) is 52.1 Å². The van der Waals surface area contributed by atoms with Crippen molar-refractivity contribution in [3.05, 3.63) is 12.2 Å². The Kier molecular flexibility index (Phi) is 3.41. The minimum Gasteiger partial charge on any atom is -0.307 e. The molecule has 0 aromatic rings. The minimum absolute atomic E-state index is 0.285. The van der Waals surface area contributed by atoms with Gasteiger partial charge in [0.1, 0.15) is 0 Å². The summed E-state index contributed by atoms with van der Waals surface area (Å²) in [5.74, 6) is 0.751. The van der Waals surface area contributed by atoms with Crippen LogP contribution in [0.3, 0.4) is 0 Å². The van der Waals surface area contributed by atoms with Gasteiger partial charge in [0.2, 0.25) is 0 Å². The molecule has 0 aromatic heterocycles. The lowest BCUT2D eigenvalue weighted by molar-refractivity contribution is 0.132. The van der Waals surface area contributed by atoms with Gasteiger partial charge >= 0.3 is 0 Å². The molecule has 1 N–H and O–H groups in total. The molecule has 0 radical (unpaired) electrons. The van der Waals surface area contributed by atoms with E-state index in [1.165, 1.54) is 19.3 Å². The Morgan fingerprint density at radius 2 is 1.93 bits per heavy atom. The fraction of sp³-hybridized carbons (Fsp3) is 0.846. The van der Waals surface area contributed by atoms with Crippen LogP contribution in [0.1, 0.15) is 53.9 Å². The molecule has 1 heterocycles. The first kappa shape index (κ1) is 11.8. The van der Waals surface area contributed by atoms with Crippen LogP contribution in [0.25, 0.3) is 0 Å². The van der Waals surface area contributed by atoms with Crippen LogP contribution in [0.2, 0.25) is 0 Å². The van der Waals surface area contributed by atoms with Crippen LogP contribution in [-0.2, 0) is 0 Å². The number of hydrogen-bond donors (Lipinski definition) is 1. The third kappa shape index (κ3) is 2.84. The van der Waals surface area contributed by atoms with E-state index in [1.807, 2.05) is 0 Å². The van der Waals surface area contributed by atoms with Gasteiger partial charge in [-0.3, -0.25) is 0 Å². The number of nitrogens with one attached hydrogen (secondary N) is 1. The molecule has 2 unspecified atom stereocenters. The van der Waals surface area contributed by atoms with Gasteiger partial charge in [-0.15, -0.1) is 0 Å². The van der Waals surface area contributed by atoms with Crippen molar-refractivity contribution in [2.75, 3.05) is 0 Å². The first-order valence-electron chi connectivity index (χ1n) is 5.83. The smallest absolute Gasteiger partial charge is 0.0161 e. The van der Waals surface area contributed by atoms with Crippen molar-refractivity contribution in [2.45, 2.75) is 65.0 Å². The molecule has 82 valence electrons. The van der Waals surface area contributed by atoms with Crippen molar-refractivity contribution < 1.29 is 0 Å². The Balaban J connectivity index is 2.76. The Labute approximate surface area is 89.0 Å². The maximum atomic E-state index is 3.77. The van der Waals surface area contributed by atoms with E-state index in [4.69, 9.17) is 0 Å². The van der Waals surface area contributed by atoms with Crippen molar-refractivity contribution in [1.82, 2.24) is 5.32 Å². The molecule has 0 aromatic carbocycles. The van der Waals surface area contributed by atoms with Crippen LogP contribution >= 0.6 is 0 Å². The van der Waals surface area contributed by atoms with Crippen molar-refractivity contribution in [3.8, 4) is 0 Å². The maximum Gasteiger partial charge on any atom is 0.0161 e. The second-order valence-electron chi connectivity index (χ2n) is 5.62. The fourth-order valence-electron chi connectivity index (χ4n) is 2.87. The van der Waals surface area contributed by atoms with Crippen LogP contribution in [0.5, 0.6) is 0 Å². The summed E-state index contributed by atoms with van der Waals surface area (Å²) >= 11 is 0. The largest absolute Gasteiger partial charge is 0.307 e. The zero-order valence-corrected chi connectivity index (χ0v) is 10.4. The number of rotatable bonds is 2. The highest BCUT2D eigenvalue weighted by molar-refractivity contribution is 5.03. The lowest BCUT2D eigenvalue weighted by Crippen LogP contribution is -2.58. The minimum atomic E-state index is 0.285. The van der Waals surface area contributed by atoms with Gasteiger partial charge in [0.25, 0.3) is 0 Å². The first-order chi connectivity index (χ1) is 6.41. The van der Waals surface area contributed by atoms with Gasteiger partial charge in [-0.2, -0.15) is 0 Å². The third-order valence-corrected chi connectivity index (χ3v) is 3.37. The number of piperidine rings is 1. The normalized spacial score (nSPS) is 37.6. The van der Waals surface area contributed by atoms with Crippen LogP contribution < -0.4 is 5.32 Å². The van der Waals surface area contributed by atoms with E-state index in [0.717, 1.165) is 5.92 Å². The molecule has 0 amide bonds. The summed E-state index contributed by atoms with van der Waals surface area (Å²) < 4.78 is 0. The van der Waals surface area contributed by atoms with Gasteiger partial charge in [0.05, 0.1) is 0 Å². The van der Waals surface area contributed by atoms with E-state index >= 15 is 0 Å². The summed E-state index contributed by atoms with van der Waals surface area (Å²) in [6, 6.07) is 0. The Morgan fingerprint density at radius 3 is 2.43 bits per heavy atom. The summed E-state index contributed by atoms with van der Waals surface area (Å²) in [5.41, 5.74) is 0.610. The van der Waals surface area contributed by atoms with Crippen LogP contribution in [0.15, 0.2) is 12.2 Å². The van der Waals surface area contributed by atoms with Crippen LogP contribution in [0, 0.1) is 5.92 Å². The zero-order valence-electron chi connectivity index (χ0n) is 10.4. The average Bonchev–Trinajstić information content (AvgIpc) is 2.01. The summed E-state index contributed by atoms with van der Waals surface area (Å²) in [6.07, 6.45) is 8.31. The fourth-order valence-corrected chi connectivity index (χ4v) is 2.87. The number of allylic oxidation sites excluding steroid dienone is 2. The van der Waals surface area contributed by atoms with Crippen molar-refractivity contribution in [2.24, 2.45) is 5.92 Å². The van der Waals surface area contributed by atoms with E-state index in [9.17, 15) is 0 Å². The van der Waals surface area contributed by atoms with Gasteiger partial charge in [-0.25, -0.2) is 0 Å². The molecule has 2 atom stereocenters. The Hall–Kier alpha value is -0.300. The molecule has 1 aliphatic heterocycles. The molecule has 14 heavy (non-hydrogen) atoms. The molecule has 0 spiro atoms. The highest BCUT2D eigenvalue weighted by Crippen LogP contribution is 2.35. The number of hydrogen-bond acceptors (Lipinski definition) is 1. The van der Waals surface area contributed by atoms with Crippen molar-refractivity contribution in [3.63, 3.8) is 0 Å². The second-order valence-corrected chi connectivity index (χ2v) is 5.62. The lowest BCUT2D eigenvalue weighted by Gasteiger charge is -2.47. The summed E-state index contributed by atoms with van der Waals surface area (Å²) in [6.45, 7) is 11.4. The van der Waals surface area contributed by atoms with Gasteiger partial charge in [-0.05, 0) is 52.9 Å². The quantitative estimate of drug-likeness (QED) is 0.665. The molecular formula is C13H25N. The van der Waals surface area contributed by atoms with Crippen LogP contribution in [-0.4, -0.2) is 11.1 Å². The van der Waals surface area contributed by atoms with E-state index in [-0.39, 0.29) is 5.54 Å². The maximum absolute atomic E-state index is 3.77. The summed E-state index contributed by atoms with van der Waals surface area (Å²) in [5, 5.41) is 3.77. The molecule has 1 aliphatic rings. The Bertz CT molecular complexity index is 217. The van der Waals surface area contributed by atoms with E-state index < -0.39 is 0 Å². The SMILES string of the molecule is C/C=C/C1CC(C)(C)NC(C)(CC)C1. The molecule has 1 fully saturated rings. The molecule has 1 heteroatoms. The standard InChI is InChI=1S/C13H25N/c1-6-8-11-9-12(3,4)14-13(5,7-2)10-11/h6,8,11,14H,7,9-10H2,1-5H3/b8-6+. The lowest BCUT2D eigenvalue weighted by atomic mass is 9.74. The van der Waals surface area contributed by atoms with Gasteiger partial charge in [0.15, 0.2) is 0 Å². The summed E-state index contributed by atoms with van der Waals surface area (Å²) in [4.78, 5) is 0. The highest BCUT2D eigenvalue weighted by Gasteiger charge is 2.38. The summed E-state index contributed by atoms with van der Waals surface area (Å²) in [7, 11) is 0. The highest BCUT2D eigenvalue weighted by atomic mass is 15.1. The van der Waals surface area contributed by atoms with Crippen molar-refractivity contribution in [1.29, 1.82) is 0 Å². The second kappa shape index (κ2) is 4.06. The molecule has 1 rings (SSSR count).